The summed E-state index contributed by atoms with van der Waals surface area (Å²) in [6, 6.07) is 0. The minimum absolute atomic E-state index is 0. The minimum atomic E-state index is 0. The number of rotatable bonds is 0. The topological polar surface area (TPSA) is 14.1 Å². The first-order valence-corrected chi connectivity index (χ1v) is 0.894. The van der Waals surface area contributed by atoms with Gasteiger partial charge in [-0.05, 0) is 0 Å². The van der Waals surface area contributed by atoms with Crippen molar-refractivity contribution in [3.63, 3.8) is 0 Å². The van der Waals surface area contributed by atoms with Gasteiger partial charge in [0, 0.05) is 0 Å². The van der Waals surface area contributed by atoms with Crippen molar-refractivity contribution in [2.45, 2.75) is 0 Å². The van der Waals surface area contributed by atoms with Gasteiger partial charge < -0.3 is 12.7 Å². The molecule has 0 saturated heterocycles. The first-order chi connectivity index (χ1) is 1.41. The largest absolute Gasteiger partial charge is 2.00 e. The Balaban J connectivity index is -0.0000000200. The van der Waals surface area contributed by atoms with E-state index in [9.17, 15) is 0 Å². The van der Waals surface area contributed by atoms with Crippen LogP contribution in [0.2, 0.25) is 0 Å². The molecule has 0 amide bonds. The first kappa shape index (κ1) is 16.6. The van der Waals surface area contributed by atoms with Crippen molar-refractivity contribution in [3.05, 3.63) is 12.7 Å². The summed E-state index contributed by atoms with van der Waals surface area (Å²) in [5.41, 5.74) is 0. The van der Waals surface area contributed by atoms with Crippen LogP contribution in [0.1, 0.15) is 0 Å². The van der Waals surface area contributed by atoms with E-state index in [0.29, 0.717) is 0 Å². The summed E-state index contributed by atoms with van der Waals surface area (Å²) in [4.78, 5) is 0. The van der Waals surface area contributed by atoms with E-state index in [1.54, 1.807) is 14.1 Å². The molecular weight excluding hydrogens is 288 g/mol. The Kier molecular flexibility index (Phi) is 66.4. The normalized spacial score (nSPS) is 3.60. The molecule has 0 aliphatic heterocycles. The van der Waals surface area contributed by atoms with Gasteiger partial charge in [-0.3, -0.25) is 0 Å². The first-order valence-electron chi connectivity index (χ1n) is 0.894. The monoisotopic (exact) mass is 297 g/mol. The fourth-order valence-corrected chi connectivity index (χ4v) is 0. The Hall–Kier alpha value is 1.01. The zero-order valence-corrected chi connectivity index (χ0v) is 8.11. The van der Waals surface area contributed by atoms with Gasteiger partial charge >= 0.3 is 31.1 Å². The predicted molar refractivity (Wildman–Crippen MR) is 21.6 cm³/mol. The van der Waals surface area contributed by atoms with Crippen LogP contribution < -0.4 is 0 Å². The molecule has 0 heterocycles. The van der Waals surface area contributed by atoms with Gasteiger partial charge in [0.2, 0.25) is 0 Å². The molecule has 0 aliphatic carbocycles. The Morgan fingerprint density at radius 2 is 1.20 bits per heavy atom. The third-order valence-electron chi connectivity index (χ3n) is 0. The van der Waals surface area contributed by atoms with Gasteiger partial charge in [0.1, 0.15) is 0 Å². The molecule has 1 nitrogen and oxygen atoms in total. The van der Waals surface area contributed by atoms with Crippen LogP contribution >= 0.6 is 0 Å². The Labute approximate surface area is 57.9 Å². The van der Waals surface area contributed by atoms with Crippen LogP contribution in [0.25, 0.3) is 5.32 Å². The number of hydrogen-bond acceptors (Lipinski definition) is 0. The van der Waals surface area contributed by atoms with Crippen molar-refractivity contribution in [2.24, 2.45) is 0 Å². The van der Waals surface area contributed by atoms with E-state index < -0.39 is 0 Å². The van der Waals surface area contributed by atoms with Crippen molar-refractivity contribution in [3.8, 4) is 0 Å². The van der Waals surface area contributed by atoms with Crippen molar-refractivity contribution < 1.29 is 31.1 Å². The van der Waals surface area contributed by atoms with Crippen molar-refractivity contribution in [2.75, 3.05) is 14.1 Å². The van der Waals surface area contributed by atoms with Crippen molar-refractivity contribution in [1.82, 2.24) is 0 Å². The van der Waals surface area contributed by atoms with Crippen LogP contribution in [0.15, 0.2) is 0 Å². The molecule has 0 saturated carbocycles. The van der Waals surface area contributed by atoms with Gasteiger partial charge in [-0.15, -0.1) is 0 Å². The molecule has 0 aromatic rings. The molecule has 0 atom stereocenters. The summed E-state index contributed by atoms with van der Waals surface area (Å²) in [6.45, 7) is 0. The van der Waals surface area contributed by atoms with Crippen LogP contribution in [-0.2, 0) is 0 Å². The van der Waals surface area contributed by atoms with E-state index in [2.05, 4.69) is 5.32 Å². The third kappa shape index (κ3) is 44.4. The van der Waals surface area contributed by atoms with E-state index in [4.69, 9.17) is 0 Å². The van der Waals surface area contributed by atoms with Gasteiger partial charge in [-0.1, -0.05) is 0 Å². The smallest absolute Gasteiger partial charge is 0.668 e. The Morgan fingerprint density at radius 1 is 1.20 bits per heavy atom. The molecule has 0 fully saturated rings. The SMILES string of the molecule is C[N-]C.[CH3-].[U+2]. The van der Waals surface area contributed by atoms with Crippen LogP contribution in [0.3, 0.4) is 0 Å². The molecule has 0 aromatic carbocycles. The van der Waals surface area contributed by atoms with E-state index in [1.807, 2.05) is 0 Å². The van der Waals surface area contributed by atoms with E-state index in [0.717, 1.165) is 0 Å². The van der Waals surface area contributed by atoms with Gasteiger partial charge in [0.15, 0.2) is 0 Å². The summed E-state index contributed by atoms with van der Waals surface area (Å²) < 4.78 is 0. The van der Waals surface area contributed by atoms with Crippen LogP contribution in [-0.4, -0.2) is 14.1 Å². The van der Waals surface area contributed by atoms with Crippen molar-refractivity contribution in [1.29, 1.82) is 0 Å². The number of nitrogens with zero attached hydrogens (tertiary/aromatic N) is 1. The van der Waals surface area contributed by atoms with Gasteiger partial charge in [0.05, 0.1) is 0 Å². The second-order valence-corrected chi connectivity index (χ2v) is 0.447. The molecule has 0 radical (unpaired) electrons. The van der Waals surface area contributed by atoms with Gasteiger partial charge in [-0.2, -0.15) is 14.1 Å². The summed E-state index contributed by atoms with van der Waals surface area (Å²) in [5, 5.41) is 3.50. The van der Waals surface area contributed by atoms with Gasteiger partial charge in [-0.25, -0.2) is 0 Å². The zero-order valence-electron chi connectivity index (χ0n) is 3.95. The molecule has 0 N–H and O–H groups in total. The summed E-state index contributed by atoms with van der Waals surface area (Å²) in [7, 11) is 3.50. The van der Waals surface area contributed by atoms with E-state index in [1.165, 1.54) is 0 Å². The third-order valence-corrected chi connectivity index (χ3v) is 0. The van der Waals surface area contributed by atoms with Gasteiger partial charge in [0.25, 0.3) is 0 Å². The van der Waals surface area contributed by atoms with Crippen LogP contribution in [0.5, 0.6) is 0 Å². The minimum Gasteiger partial charge on any atom is -0.668 e. The molecule has 2 heteroatoms. The summed E-state index contributed by atoms with van der Waals surface area (Å²) >= 11 is 0. The molecule has 0 aromatic heterocycles. The molecular formula is C3H9NU. The Morgan fingerprint density at radius 3 is 1.20 bits per heavy atom. The summed E-state index contributed by atoms with van der Waals surface area (Å²) in [6.07, 6.45) is 0. The van der Waals surface area contributed by atoms with E-state index in [-0.39, 0.29) is 38.5 Å². The molecule has 30 valence electrons. The molecule has 0 bridgehead atoms. The molecule has 0 rings (SSSR count). The maximum Gasteiger partial charge on any atom is 2.00 e. The van der Waals surface area contributed by atoms with Crippen LogP contribution in [0.4, 0.5) is 0 Å². The molecule has 5 heavy (non-hydrogen) atoms. The number of hydrogen-bond donors (Lipinski definition) is 0. The average Bonchev–Trinajstić information content (AvgIpc) is 0.918. The fourth-order valence-electron chi connectivity index (χ4n) is 0. The predicted octanol–water partition coefficient (Wildman–Crippen LogP) is 1.07. The standard InChI is InChI=1S/C2H6N.CH3.U/c1-3-2;;/h1-2H3;1H3;/q2*-1;+2. The quantitative estimate of drug-likeness (QED) is 0.594. The second kappa shape index (κ2) is 19.9. The second-order valence-electron chi connectivity index (χ2n) is 0.447. The summed E-state index contributed by atoms with van der Waals surface area (Å²) in [5.74, 6) is 0. The Bertz CT molecular complexity index is 6.85. The maximum absolute atomic E-state index is 3.50. The molecule has 0 aliphatic rings. The fraction of sp³-hybridized carbons (Fsp3) is 0.667. The van der Waals surface area contributed by atoms with E-state index >= 15 is 0 Å². The van der Waals surface area contributed by atoms with Crippen molar-refractivity contribution >= 4 is 0 Å². The maximum atomic E-state index is 3.50. The average molecular weight is 297 g/mol. The zero-order chi connectivity index (χ0) is 2.71. The van der Waals surface area contributed by atoms with Crippen LogP contribution in [0, 0.1) is 38.5 Å². The molecule has 0 unspecified atom stereocenters. The molecule has 0 spiro atoms.